The van der Waals surface area contributed by atoms with E-state index in [0.717, 1.165) is 103 Å². The third-order valence-electron chi connectivity index (χ3n) is 13.0. The molecule has 0 aliphatic rings. The highest BCUT2D eigenvalue weighted by molar-refractivity contribution is 5.71. The van der Waals surface area contributed by atoms with Crippen molar-refractivity contribution in [2.24, 2.45) is 0 Å². The largest absolute Gasteiger partial charge is 0.462 e. The highest BCUT2D eigenvalue weighted by atomic mass is 16.6. The van der Waals surface area contributed by atoms with Crippen molar-refractivity contribution in [3.05, 3.63) is 60.8 Å². The van der Waals surface area contributed by atoms with E-state index in [1.807, 2.05) is 0 Å². The molecule has 1 unspecified atom stereocenters. The predicted octanol–water partition coefficient (Wildman–Crippen LogP) is 20.0. The van der Waals surface area contributed by atoms with Crippen LogP contribution in [0.5, 0.6) is 0 Å². The van der Waals surface area contributed by atoms with Gasteiger partial charge in [-0.1, -0.05) is 248 Å². The second kappa shape index (κ2) is 57.7. The third-order valence-corrected chi connectivity index (χ3v) is 13.0. The Bertz CT molecular complexity index is 1250. The first-order chi connectivity index (χ1) is 34.0. The molecule has 0 radical (unpaired) electrons. The summed E-state index contributed by atoms with van der Waals surface area (Å²) in [6.07, 6.45) is 72.3. The van der Waals surface area contributed by atoms with Gasteiger partial charge in [0.15, 0.2) is 6.10 Å². The molecule has 1 atom stereocenters. The fourth-order valence-electron chi connectivity index (χ4n) is 8.49. The number of esters is 3. The molecule has 69 heavy (non-hydrogen) atoms. The summed E-state index contributed by atoms with van der Waals surface area (Å²) in [4.78, 5) is 38.1. The van der Waals surface area contributed by atoms with Crippen LogP contribution >= 0.6 is 0 Å². The van der Waals surface area contributed by atoms with Gasteiger partial charge in [-0.2, -0.15) is 0 Å². The molecular weight excluding hydrogens is 853 g/mol. The normalized spacial score (nSPS) is 12.4. The van der Waals surface area contributed by atoms with E-state index >= 15 is 0 Å². The molecule has 0 aliphatic carbocycles. The monoisotopic (exact) mass is 965 g/mol. The van der Waals surface area contributed by atoms with Crippen LogP contribution in [-0.4, -0.2) is 37.2 Å². The average Bonchev–Trinajstić information content (AvgIpc) is 3.35. The minimum atomic E-state index is -0.785. The lowest BCUT2D eigenvalue weighted by Crippen LogP contribution is -2.30. The van der Waals surface area contributed by atoms with Crippen molar-refractivity contribution < 1.29 is 28.6 Å². The van der Waals surface area contributed by atoms with E-state index in [1.54, 1.807) is 0 Å². The number of hydrogen-bond donors (Lipinski definition) is 0. The van der Waals surface area contributed by atoms with Gasteiger partial charge in [0.05, 0.1) is 0 Å². The quantitative estimate of drug-likeness (QED) is 0.0262. The molecule has 0 heterocycles. The number of ether oxygens (including phenoxy) is 3. The molecule has 0 saturated heterocycles. The van der Waals surface area contributed by atoms with Crippen LogP contribution in [0.15, 0.2) is 60.8 Å². The number of carbonyl (C=O) groups excluding carboxylic acids is 3. The van der Waals surface area contributed by atoms with Gasteiger partial charge in [-0.3, -0.25) is 14.4 Å². The minimum Gasteiger partial charge on any atom is -0.462 e. The van der Waals surface area contributed by atoms with Crippen LogP contribution in [0, 0.1) is 0 Å². The zero-order chi connectivity index (χ0) is 50.0. The summed E-state index contributed by atoms with van der Waals surface area (Å²) in [5.74, 6) is -0.900. The summed E-state index contributed by atoms with van der Waals surface area (Å²) in [6, 6.07) is 0. The summed E-state index contributed by atoms with van der Waals surface area (Å²) in [7, 11) is 0. The molecule has 400 valence electrons. The van der Waals surface area contributed by atoms with E-state index in [4.69, 9.17) is 14.2 Å². The molecule has 0 aromatic rings. The second-order valence-electron chi connectivity index (χ2n) is 19.9. The van der Waals surface area contributed by atoms with Gasteiger partial charge in [0.2, 0.25) is 0 Å². The van der Waals surface area contributed by atoms with E-state index in [-0.39, 0.29) is 31.1 Å². The van der Waals surface area contributed by atoms with Gasteiger partial charge in [-0.25, -0.2) is 0 Å². The summed E-state index contributed by atoms with van der Waals surface area (Å²) in [5, 5.41) is 0. The standard InChI is InChI=1S/C63H112O6/c1-4-7-10-13-16-19-22-24-26-27-28-29-30-31-32-33-34-35-37-38-41-44-47-50-53-56-62(65)68-59-60(58-67-61(64)55-52-49-46-43-40-21-18-15-12-9-6-3)69-63(66)57-54-51-48-45-42-39-36-25-23-20-17-14-11-8-5-2/h8,11,15,17-18,20,25,27-28,36,60H,4-7,9-10,12-14,16,19,21-24,26,29-35,37-59H2,1-3H3/b11-8-,18-15-,20-17-,28-27-,36-25-. The Morgan fingerprint density at radius 1 is 0.304 bits per heavy atom. The number of rotatable bonds is 54. The van der Waals surface area contributed by atoms with Crippen LogP contribution in [0.25, 0.3) is 0 Å². The lowest BCUT2D eigenvalue weighted by molar-refractivity contribution is -0.167. The maximum Gasteiger partial charge on any atom is 0.306 e. The van der Waals surface area contributed by atoms with E-state index < -0.39 is 6.10 Å². The van der Waals surface area contributed by atoms with Crippen molar-refractivity contribution in [1.29, 1.82) is 0 Å². The number of unbranched alkanes of at least 4 members (excludes halogenated alkanes) is 33. The Labute approximate surface area is 428 Å². The smallest absolute Gasteiger partial charge is 0.306 e. The van der Waals surface area contributed by atoms with Gasteiger partial charge >= 0.3 is 17.9 Å². The average molecular weight is 966 g/mol. The predicted molar refractivity (Wildman–Crippen MR) is 298 cm³/mol. The van der Waals surface area contributed by atoms with Crippen LogP contribution in [-0.2, 0) is 28.6 Å². The molecule has 0 fully saturated rings. The number of allylic oxidation sites excluding steroid dienone is 10. The van der Waals surface area contributed by atoms with Crippen molar-refractivity contribution in [2.45, 2.75) is 309 Å². The van der Waals surface area contributed by atoms with Gasteiger partial charge in [0.1, 0.15) is 13.2 Å². The van der Waals surface area contributed by atoms with Crippen molar-refractivity contribution in [2.75, 3.05) is 13.2 Å². The van der Waals surface area contributed by atoms with Gasteiger partial charge < -0.3 is 14.2 Å². The van der Waals surface area contributed by atoms with Crippen LogP contribution in [0.1, 0.15) is 303 Å². The van der Waals surface area contributed by atoms with E-state index in [0.29, 0.717) is 19.3 Å². The Hall–Kier alpha value is -2.89. The van der Waals surface area contributed by atoms with Crippen molar-refractivity contribution >= 4 is 17.9 Å². The lowest BCUT2D eigenvalue weighted by atomic mass is 10.0. The first kappa shape index (κ1) is 66.1. The first-order valence-corrected chi connectivity index (χ1v) is 29.8. The topological polar surface area (TPSA) is 78.9 Å². The van der Waals surface area contributed by atoms with Gasteiger partial charge in [-0.05, 0) is 96.3 Å². The number of hydrogen-bond acceptors (Lipinski definition) is 6. The molecule has 0 aliphatic heterocycles. The van der Waals surface area contributed by atoms with E-state index in [9.17, 15) is 14.4 Å². The molecule has 0 bridgehead atoms. The SMILES string of the molecule is CC/C=C\C/C=C\C/C=C\CCCCCCCC(=O)OC(COC(=O)CCCCCCC/C=C\CCCC)COC(=O)CCCCCCCCCCCCCCC/C=C\CCCCCCCCCC. The molecule has 0 aromatic carbocycles. The Kier molecular flexibility index (Phi) is 55.3. The zero-order valence-electron chi connectivity index (χ0n) is 45.8. The first-order valence-electron chi connectivity index (χ1n) is 29.8. The number of carbonyl (C=O) groups is 3. The van der Waals surface area contributed by atoms with Crippen LogP contribution in [0.4, 0.5) is 0 Å². The molecule has 0 aromatic heterocycles. The molecule has 0 saturated carbocycles. The molecule has 0 N–H and O–H groups in total. The van der Waals surface area contributed by atoms with Gasteiger partial charge in [0, 0.05) is 19.3 Å². The van der Waals surface area contributed by atoms with Crippen molar-refractivity contribution in [3.8, 4) is 0 Å². The Morgan fingerprint density at radius 2 is 0.580 bits per heavy atom. The minimum absolute atomic E-state index is 0.0826. The zero-order valence-corrected chi connectivity index (χ0v) is 45.8. The highest BCUT2D eigenvalue weighted by Gasteiger charge is 2.19. The molecule has 0 rings (SSSR count). The molecule has 0 amide bonds. The van der Waals surface area contributed by atoms with Crippen molar-refractivity contribution in [3.63, 3.8) is 0 Å². The third kappa shape index (κ3) is 55.9. The van der Waals surface area contributed by atoms with Crippen LogP contribution in [0.3, 0.4) is 0 Å². The fraction of sp³-hybridized carbons (Fsp3) is 0.794. The molecule has 0 spiro atoms. The summed E-state index contributed by atoms with van der Waals surface area (Å²) in [6.45, 7) is 6.49. The Morgan fingerprint density at radius 3 is 0.942 bits per heavy atom. The summed E-state index contributed by atoms with van der Waals surface area (Å²) in [5.41, 5.74) is 0. The summed E-state index contributed by atoms with van der Waals surface area (Å²) < 4.78 is 16.8. The maximum absolute atomic E-state index is 12.8. The maximum atomic E-state index is 12.8. The van der Waals surface area contributed by atoms with Gasteiger partial charge in [0.25, 0.3) is 0 Å². The second-order valence-corrected chi connectivity index (χ2v) is 19.9. The van der Waals surface area contributed by atoms with Gasteiger partial charge in [-0.15, -0.1) is 0 Å². The van der Waals surface area contributed by atoms with Crippen molar-refractivity contribution in [1.82, 2.24) is 0 Å². The Balaban J connectivity index is 4.23. The molecular formula is C63H112O6. The van der Waals surface area contributed by atoms with E-state index in [1.165, 1.54) is 161 Å². The molecule has 6 nitrogen and oxygen atoms in total. The van der Waals surface area contributed by atoms with Crippen LogP contribution < -0.4 is 0 Å². The highest BCUT2D eigenvalue weighted by Crippen LogP contribution is 2.16. The molecule has 6 heteroatoms. The fourth-order valence-corrected chi connectivity index (χ4v) is 8.49. The van der Waals surface area contributed by atoms with Crippen LogP contribution in [0.2, 0.25) is 0 Å². The van der Waals surface area contributed by atoms with E-state index in [2.05, 4.69) is 81.5 Å². The summed E-state index contributed by atoms with van der Waals surface area (Å²) >= 11 is 0. The lowest BCUT2D eigenvalue weighted by Gasteiger charge is -2.18.